The van der Waals surface area contributed by atoms with Crippen molar-refractivity contribution in [1.29, 1.82) is 0 Å². The second kappa shape index (κ2) is 9.50. The van der Waals surface area contributed by atoms with Gasteiger partial charge in [-0.3, -0.25) is 0 Å². The van der Waals surface area contributed by atoms with Crippen LogP contribution in [0.25, 0.3) is 0 Å². The Labute approximate surface area is 163 Å². The molecule has 0 atom stereocenters. The molecule has 5 heteroatoms. The summed E-state index contributed by atoms with van der Waals surface area (Å²) in [6, 6.07) is 7.10. The molecule has 0 spiro atoms. The molecule has 4 nitrogen and oxygen atoms in total. The van der Waals surface area contributed by atoms with E-state index in [4.69, 9.17) is 16.6 Å². The Hall–Kier alpha value is -1.42. The summed E-state index contributed by atoms with van der Waals surface area (Å²) in [6.45, 7) is 0. The number of nitrogens with one attached hydrogen (secondary N) is 2. The number of hydrogen-bond acceptors (Lipinski definition) is 2. The van der Waals surface area contributed by atoms with E-state index >= 15 is 0 Å². The topological polar surface area (TPSA) is 39.7 Å². The van der Waals surface area contributed by atoms with E-state index in [2.05, 4.69) is 27.7 Å². The van der Waals surface area contributed by atoms with Crippen LogP contribution in [0.2, 0.25) is 5.02 Å². The maximum absolute atomic E-state index is 6.53. The largest absolute Gasteiger partial charge is 0.378 e. The lowest BCUT2D eigenvalue weighted by Gasteiger charge is -2.27. The zero-order valence-electron chi connectivity index (χ0n) is 16.2. The third kappa shape index (κ3) is 5.54. The standard InChI is InChI=1S/C21H33ClN4/c1-26(2)18-13-14-20(19(22)15-18)25-21(23-16-9-5-3-6-10-16)24-17-11-7-4-8-12-17/h13-17H,3-12H2,1-2H3,(H2,23,24,25). The predicted molar refractivity (Wildman–Crippen MR) is 114 cm³/mol. The normalized spacial score (nSPS) is 20.0. The van der Waals surface area contributed by atoms with Gasteiger partial charge in [0.1, 0.15) is 0 Å². The number of guanidine groups is 1. The van der Waals surface area contributed by atoms with Crippen molar-refractivity contribution < 1.29 is 0 Å². The van der Waals surface area contributed by atoms with Gasteiger partial charge in [-0.05, 0) is 43.9 Å². The molecule has 26 heavy (non-hydrogen) atoms. The molecule has 0 aromatic heterocycles. The average molecular weight is 377 g/mol. The minimum absolute atomic E-state index is 0.433. The van der Waals surface area contributed by atoms with Crippen LogP contribution in [0.3, 0.4) is 0 Å². The summed E-state index contributed by atoms with van der Waals surface area (Å²) in [6.07, 6.45) is 12.8. The molecule has 2 fully saturated rings. The van der Waals surface area contributed by atoms with Gasteiger partial charge in [0.15, 0.2) is 5.96 Å². The number of aliphatic imine (C=N–C) groups is 1. The van der Waals surface area contributed by atoms with Gasteiger partial charge in [-0.15, -0.1) is 0 Å². The van der Waals surface area contributed by atoms with E-state index in [1.807, 2.05) is 20.2 Å². The summed E-state index contributed by atoms with van der Waals surface area (Å²) in [7, 11) is 4.05. The molecule has 1 aromatic rings. The van der Waals surface area contributed by atoms with Crippen molar-refractivity contribution in [2.75, 3.05) is 24.3 Å². The molecule has 144 valence electrons. The highest BCUT2D eigenvalue weighted by molar-refractivity contribution is 6.34. The molecule has 0 amide bonds. The van der Waals surface area contributed by atoms with E-state index in [-0.39, 0.29) is 0 Å². The smallest absolute Gasteiger partial charge is 0.196 e. The molecule has 1 aromatic carbocycles. The van der Waals surface area contributed by atoms with Crippen molar-refractivity contribution in [1.82, 2.24) is 5.32 Å². The van der Waals surface area contributed by atoms with Crippen molar-refractivity contribution in [2.24, 2.45) is 4.99 Å². The van der Waals surface area contributed by atoms with Crippen LogP contribution in [-0.4, -0.2) is 32.1 Å². The fourth-order valence-electron chi connectivity index (χ4n) is 3.95. The Morgan fingerprint density at radius 2 is 1.65 bits per heavy atom. The van der Waals surface area contributed by atoms with Gasteiger partial charge >= 0.3 is 0 Å². The van der Waals surface area contributed by atoms with E-state index in [1.54, 1.807) is 0 Å². The van der Waals surface area contributed by atoms with Gasteiger partial charge in [-0.25, -0.2) is 4.99 Å². The molecule has 2 aliphatic rings. The highest BCUT2D eigenvalue weighted by atomic mass is 35.5. The number of halogens is 1. The molecule has 2 N–H and O–H groups in total. The number of rotatable bonds is 4. The van der Waals surface area contributed by atoms with Crippen LogP contribution in [-0.2, 0) is 0 Å². The van der Waals surface area contributed by atoms with Gasteiger partial charge in [0.05, 0.1) is 16.8 Å². The van der Waals surface area contributed by atoms with Crippen LogP contribution < -0.4 is 15.5 Å². The van der Waals surface area contributed by atoms with Crippen LogP contribution in [0.4, 0.5) is 11.4 Å². The van der Waals surface area contributed by atoms with E-state index in [0.717, 1.165) is 22.4 Å². The van der Waals surface area contributed by atoms with Gasteiger partial charge in [-0.1, -0.05) is 50.1 Å². The van der Waals surface area contributed by atoms with Crippen molar-refractivity contribution in [3.8, 4) is 0 Å². The van der Waals surface area contributed by atoms with Gasteiger partial charge in [-0.2, -0.15) is 0 Å². The zero-order chi connectivity index (χ0) is 18.4. The summed E-state index contributed by atoms with van der Waals surface area (Å²) < 4.78 is 0. The summed E-state index contributed by atoms with van der Waals surface area (Å²) >= 11 is 6.53. The van der Waals surface area contributed by atoms with Crippen LogP contribution in [0.1, 0.15) is 64.2 Å². The van der Waals surface area contributed by atoms with Gasteiger partial charge in [0.25, 0.3) is 0 Å². The van der Waals surface area contributed by atoms with Gasteiger partial charge < -0.3 is 15.5 Å². The second-order valence-electron chi connectivity index (χ2n) is 7.93. The first-order chi connectivity index (χ1) is 12.6. The minimum atomic E-state index is 0.433. The molecule has 2 saturated carbocycles. The lowest BCUT2D eigenvalue weighted by atomic mass is 9.95. The van der Waals surface area contributed by atoms with Crippen LogP contribution in [0.5, 0.6) is 0 Å². The van der Waals surface area contributed by atoms with Crippen molar-refractivity contribution in [3.63, 3.8) is 0 Å². The van der Waals surface area contributed by atoms with Gasteiger partial charge in [0, 0.05) is 25.8 Å². The van der Waals surface area contributed by atoms with E-state index in [9.17, 15) is 0 Å². The molecular weight excluding hydrogens is 344 g/mol. The monoisotopic (exact) mass is 376 g/mol. The Morgan fingerprint density at radius 1 is 1.00 bits per heavy atom. The average Bonchev–Trinajstić information content (AvgIpc) is 2.65. The molecule has 2 aliphatic carbocycles. The summed E-state index contributed by atoms with van der Waals surface area (Å²) in [5.41, 5.74) is 2.03. The highest BCUT2D eigenvalue weighted by Gasteiger charge is 2.18. The fraction of sp³-hybridized carbons (Fsp3) is 0.667. The van der Waals surface area contributed by atoms with E-state index in [1.165, 1.54) is 64.2 Å². The molecule has 0 bridgehead atoms. The molecule has 0 aliphatic heterocycles. The first-order valence-electron chi connectivity index (χ1n) is 10.2. The van der Waals surface area contributed by atoms with Crippen molar-refractivity contribution in [3.05, 3.63) is 23.2 Å². The maximum atomic E-state index is 6.53. The van der Waals surface area contributed by atoms with Crippen molar-refractivity contribution >= 4 is 28.9 Å². The summed E-state index contributed by atoms with van der Waals surface area (Å²) in [5, 5.41) is 7.92. The lowest BCUT2D eigenvalue weighted by Crippen LogP contribution is -2.41. The third-order valence-corrected chi connectivity index (χ3v) is 5.87. The first-order valence-corrected chi connectivity index (χ1v) is 10.6. The molecule has 0 unspecified atom stereocenters. The van der Waals surface area contributed by atoms with Gasteiger partial charge in [0.2, 0.25) is 0 Å². The quantitative estimate of drug-likeness (QED) is 0.543. The zero-order valence-corrected chi connectivity index (χ0v) is 17.0. The lowest BCUT2D eigenvalue weighted by molar-refractivity contribution is 0.408. The van der Waals surface area contributed by atoms with Crippen molar-refractivity contribution in [2.45, 2.75) is 76.3 Å². The number of hydrogen-bond donors (Lipinski definition) is 2. The molecule has 0 saturated heterocycles. The van der Waals surface area contributed by atoms with Crippen LogP contribution >= 0.6 is 11.6 Å². The molecule has 0 radical (unpaired) electrons. The Morgan fingerprint density at radius 3 is 2.27 bits per heavy atom. The van der Waals surface area contributed by atoms with Crippen LogP contribution in [0, 0.1) is 0 Å². The summed E-state index contributed by atoms with van der Waals surface area (Å²) in [4.78, 5) is 7.11. The predicted octanol–water partition coefficient (Wildman–Crippen LogP) is 5.43. The highest BCUT2D eigenvalue weighted by Crippen LogP contribution is 2.27. The maximum Gasteiger partial charge on any atom is 0.196 e. The first kappa shape index (κ1) is 19.3. The number of anilines is 2. The molecular formula is C21H33ClN4. The third-order valence-electron chi connectivity index (χ3n) is 5.55. The number of nitrogens with zero attached hydrogens (tertiary/aromatic N) is 2. The van der Waals surface area contributed by atoms with E-state index in [0.29, 0.717) is 12.1 Å². The van der Waals surface area contributed by atoms with E-state index < -0.39 is 0 Å². The second-order valence-corrected chi connectivity index (χ2v) is 8.34. The Bertz CT molecular complexity index is 602. The minimum Gasteiger partial charge on any atom is -0.378 e. The Kier molecular flexibility index (Phi) is 7.07. The van der Waals surface area contributed by atoms with Crippen LogP contribution in [0.15, 0.2) is 23.2 Å². The SMILES string of the molecule is CN(C)c1ccc(NC(=NC2CCCCC2)NC2CCCCC2)c(Cl)c1. The molecule has 0 heterocycles. The summed E-state index contributed by atoms with van der Waals surface area (Å²) in [5.74, 6) is 0.906. The molecule has 3 rings (SSSR count). The number of benzene rings is 1. The fourth-order valence-corrected chi connectivity index (χ4v) is 4.17. The Balaban J connectivity index is 1.74.